The SMILES string of the molecule is O=C(O)CC[C@@H](NC(=O)C(F)(F)F)C(F)F. The van der Waals surface area contributed by atoms with Crippen molar-refractivity contribution in [1.82, 2.24) is 5.32 Å². The zero-order valence-electron chi connectivity index (χ0n) is 7.72. The fourth-order valence-electron chi connectivity index (χ4n) is 0.790. The first-order chi connectivity index (χ1) is 7.14. The molecule has 0 saturated heterocycles. The number of hydrogen-bond acceptors (Lipinski definition) is 2. The van der Waals surface area contributed by atoms with Crippen molar-refractivity contribution in [1.29, 1.82) is 0 Å². The Kier molecular flexibility index (Phi) is 5.12. The van der Waals surface area contributed by atoms with Gasteiger partial charge < -0.3 is 10.4 Å². The summed E-state index contributed by atoms with van der Waals surface area (Å²) < 4.78 is 59.3. The average Bonchev–Trinajstić information content (AvgIpc) is 2.09. The van der Waals surface area contributed by atoms with E-state index in [1.165, 1.54) is 0 Å². The molecule has 0 heterocycles. The van der Waals surface area contributed by atoms with Crippen LogP contribution in [0.1, 0.15) is 12.8 Å². The van der Waals surface area contributed by atoms with E-state index < -0.39 is 43.4 Å². The summed E-state index contributed by atoms with van der Waals surface area (Å²) in [4.78, 5) is 20.3. The van der Waals surface area contributed by atoms with Crippen LogP contribution < -0.4 is 5.32 Å². The standard InChI is InChI=1S/C7H8F5NO3/c8-5(9)3(1-2-4(14)15)13-6(16)7(10,11)12/h3,5H,1-2H2,(H,13,16)(H,14,15)/t3-/m1/s1. The van der Waals surface area contributed by atoms with E-state index >= 15 is 0 Å². The van der Waals surface area contributed by atoms with Gasteiger partial charge in [-0.05, 0) is 6.42 Å². The predicted octanol–water partition coefficient (Wildman–Crippen LogP) is 1.16. The summed E-state index contributed by atoms with van der Waals surface area (Å²) in [6.45, 7) is 0. The number of alkyl halides is 5. The van der Waals surface area contributed by atoms with Gasteiger partial charge in [-0.1, -0.05) is 0 Å². The molecule has 94 valence electrons. The molecule has 1 atom stereocenters. The van der Waals surface area contributed by atoms with Crippen molar-refractivity contribution in [3.05, 3.63) is 0 Å². The molecule has 16 heavy (non-hydrogen) atoms. The topological polar surface area (TPSA) is 66.4 Å². The van der Waals surface area contributed by atoms with Crippen LogP contribution in [0, 0.1) is 0 Å². The molecule has 0 aromatic rings. The second-order valence-corrected chi connectivity index (χ2v) is 2.84. The molecule has 0 rings (SSSR count). The molecule has 4 nitrogen and oxygen atoms in total. The van der Waals surface area contributed by atoms with Gasteiger partial charge in [0.05, 0.1) is 6.04 Å². The second-order valence-electron chi connectivity index (χ2n) is 2.84. The van der Waals surface area contributed by atoms with Crippen molar-refractivity contribution >= 4 is 11.9 Å². The maximum absolute atomic E-state index is 12.1. The van der Waals surface area contributed by atoms with Gasteiger partial charge in [0.15, 0.2) is 0 Å². The Balaban J connectivity index is 4.35. The minimum atomic E-state index is -5.27. The fraction of sp³-hybridized carbons (Fsp3) is 0.714. The number of carboxylic acid groups (broad SMARTS) is 1. The summed E-state index contributed by atoms with van der Waals surface area (Å²) >= 11 is 0. The molecule has 0 aliphatic heterocycles. The van der Waals surface area contributed by atoms with E-state index in [0.717, 1.165) is 5.32 Å². The van der Waals surface area contributed by atoms with Crippen molar-refractivity contribution in [2.75, 3.05) is 0 Å². The van der Waals surface area contributed by atoms with Crippen molar-refractivity contribution in [2.45, 2.75) is 31.5 Å². The molecule has 0 aliphatic rings. The van der Waals surface area contributed by atoms with E-state index in [1.807, 2.05) is 0 Å². The Morgan fingerprint density at radius 3 is 2.06 bits per heavy atom. The van der Waals surface area contributed by atoms with Gasteiger partial charge in [0.25, 0.3) is 6.43 Å². The number of aliphatic carboxylic acids is 1. The van der Waals surface area contributed by atoms with Crippen LogP contribution in [0.2, 0.25) is 0 Å². The molecule has 0 fully saturated rings. The second kappa shape index (κ2) is 5.61. The summed E-state index contributed by atoms with van der Waals surface area (Å²) in [7, 11) is 0. The molecule has 2 N–H and O–H groups in total. The number of hydrogen-bond donors (Lipinski definition) is 2. The number of halogens is 5. The van der Waals surface area contributed by atoms with Gasteiger partial charge in [0, 0.05) is 6.42 Å². The zero-order valence-corrected chi connectivity index (χ0v) is 7.72. The minimum Gasteiger partial charge on any atom is -0.481 e. The largest absolute Gasteiger partial charge is 0.481 e. The van der Waals surface area contributed by atoms with Crippen molar-refractivity contribution in [3.63, 3.8) is 0 Å². The Hall–Kier alpha value is -1.41. The molecule has 0 aliphatic carbocycles. The Bertz CT molecular complexity index is 265. The van der Waals surface area contributed by atoms with E-state index in [2.05, 4.69) is 0 Å². The highest BCUT2D eigenvalue weighted by molar-refractivity contribution is 5.82. The van der Waals surface area contributed by atoms with Crippen LogP contribution in [-0.2, 0) is 9.59 Å². The quantitative estimate of drug-likeness (QED) is 0.718. The molecule has 0 aromatic carbocycles. The van der Waals surface area contributed by atoms with Crippen LogP contribution in [0.5, 0.6) is 0 Å². The smallest absolute Gasteiger partial charge is 0.471 e. The molecule has 1 amide bonds. The van der Waals surface area contributed by atoms with E-state index in [4.69, 9.17) is 5.11 Å². The van der Waals surface area contributed by atoms with Crippen LogP contribution in [-0.4, -0.2) is 35.6 Å². The monoisotopic (exact) mass is 249 g/mol. The van der Waals surface area contributed by atoms with Crippen LogP contribution in [0.15, 0.2) is 0 Å². The lowest BCUT2D eigenvalue weighted by Gasteiger charge is -2.17. The zero-order chi connectivity index (χ0) is 12.9. The molecular formula is C7H8F5NO3. The van der Waals surface area contributed by atoms with Gasteiger partial charge in [0.1, 0.15) is 0 Å². The molecule has 0 radical (unpaired) electrons. The molecular weight excluding hydrogens is 241 g/mol. The summed E-state index contributed by atoms with van der Waals surface area (Å²) in [5, 5.41) is 9.19. The summed E-state index contributed by atoms with van der Waals surface area (Å²) in [5.74, 6) is -3.95. The van der Waals surface area contributed by atoms with Crippen molar-refractivity contribution < 1.29 is 36.6 Å². The van der Waals surface area contributed by atoms with Gasteiger partial charge in [-0.3, -0.25) is 9.59 Å². The number of carboxylic acids is 1. The highest BCUT2D eigenvalue weighted by Crippen LogP contribution is 2.16. The highest BCUT2D eigenvalue weighted by Gasteiger charge is 2.41. The first kappa shape index (κ1) is 14.6. The van der Waals surface area contributed by atoms with E-state index in [-0.39, 0.29) is 0 Å². The van der Waals surface area contributed by atoms with E-state index in [1.54, 1.807) is 0 Å². The summed E-state index contributed by atoms with van der Waals surface area (Å²) in [6.07, 6.45) is -10.1. The molecule has 0 aromatic heterocycles. The Morgan fingerprint density at radius 2 is 1.75 bits per heavy atom. The molecule has 0 bridgehead atoms. The lowest BCUT2D eigenvalue weighted by molar-refractivity contribution is -0.175. The summed E-state index contributed by atoms with van der Waals surface area (Å²) in [5.41, 5.74) is 0. The average molecular weight is 249 g/mol. The van der Waals surface area contributed by atoms with Gasteiger partial charge in [-0.25, -0.2) is 8.78 Å². The molecule has 0 saturated carbocycles. The first-order valence-electron chi connectivity index (χ1n) is 4.02. The van der Waals surface area contributed by atoms with Gasteiger partial charge in [0.2, 0.25) is 0 Å². The number of carbonyl (C=O) groups excluding carboxylic acids is 1. The molecule has 0 spiro atoms. The third-order valence-electron chi connectivity index (χ3n) is 1.55. The maximum atomic E-state index is 12.1. The predicted molar refractivity (Wildman–Crippen MR) is 40.9 cm³/mol. The highest BCUT2D eigenvalue weighted by atomic mass is 19.4. The Morgan fingerprint density at radius 1 is 1.25 bits per heavy atom. The van der Waals surface area contributed by atoms with Crippen LogP contribution >= 0.6 is 0 Å². The maximum Gasteiger partial charge on any atom is 0.471 e. The van der Waals surface area contributed by atoms with Crippen LogP contribution in [0.3, 0.4) is 0 Å². The van der Waals surface area contributed by atoms with Gasteiger partial charge in [-0.15, -0.1) is 0 Å². The van der Waals surface area contributed by atoms with E-state index in [0.29, 0.717) is 0 Å². The lowest BCUT2D eigenvalue weighted by atomic mass is 10.1. The van der Waals surface area contributed by atoms with E-state index in [9.17, 15) is 31.5 Å². The number of nitrogens with one attached hydrogen (secondary N) is 1. The number of carbonyl (C=O) groups is 2. The first-order valence-corrected chi connectivity index (χ1v) is 4.02. The molecule has 9 heteroatoms. The third kappa shape index (κ3) is 5.47. The van der Waals surface area contributed by atoms with Crippen molar-refractivity contribution in [2.24, 2.45) is 0 Å². The van der Waals surface area contributed by atoms with Crippen LogP contribution in [0.4, 0.5) is 22.0 Å². The van der Waals surface area contributed by atoms with Gasteiger partial charge in [-0.2, -0.15) is 13.2 Å². The fourth-order valence-corrected chi connectivity index (χ4v) is 0.790. The molecule has 0 unspecified atom stereocenters. The third-order valence-corrected chi connectivity index (χ3v) is 1.55. The summed E-state index contributed by atoms with van der Waals surface area (Å²) in [6, 6.07) is -2.12. The number of rotatable bonds is 5. The van der Waals surface area contributed by atoms with Crippen molar-refractivity contribution in [3.8, 4) is 0 Å². The van der Waals surface area contributed by atoms with Crippen LogP contribution in [0.25, 0.3) is 0 Å². The normalized spacial score (nSPS) is 13.6. The lowest BCUT2D eigenvalue weighted by Crippen LogP contribution is -2.46. The Labute approximate surface area is 86.4 Å². The number of amides is 1. The van der Waals surface area contributed by atoms with Gasteiger partial charge >= 0.3 is 18.1 Å². The minimum absolute atomic E-state index is 0.757.